The van der Waals surface area contributed by atoms with Gasteiger partial charge in [0, 0.05) is 42.6 Å². The van der Waals surface area contributed by atoms with E-state index in [-0.39, 0.29) is 16.3 Å². The Hall–Kier alpha value is -3.94. The van der Waals surface area contributed by atoms with Crippen molar-refractivity contribution in [2.75, 3.05) is 11.9 Å². The lowest BCUT2D eigenvalue weighted by molar-refractivity contribution is -0.385. The van der Waals surface area contributed by atoms with E-state index in [0.29, 0.717) is 5.75 Å². The van der Waals surface area contributed by atoms with Gasteiger partial charge in [-0.3, -0.25) is 20.2 Å². The molecular weight excluding hydrogens is 398 g/mol. The number of rotatable bonds is 2. The van der Waals surface area contributed by atoms with Crippen molar-refractivity contribution in [3.63, 3.8) is 0 Å². The molecule has 3 aromatic carbocycles. The topological polar surface area (TPSA) is 98.8 Å². The second-order valence-electron chi connectivity index (χ2n) is 8.41. The van der Waals surface area contributed by atoms with Crippen LogP contribution in [0, 0.1) is 20.2 Å². The highest BCUT2D eigenvalue weighted by Gasteiger charge is 2.58. The number of nitro groups is 2. The van der Waals surface area contributed by atoms with E-state index in [9.17, 15) is 20.2 Å². The van der Waals surface area contributed by atoms with E-state index >= 15 is 0 Å². The Morgan fingerprint density at radius 2 is 1.61 bits per heavy atom. The Labute approximate surface area is 177 Å². The molecule has 0 aromatic heterocycles. The predicted octanol–water partition coefficient (Wildman–Crippen LogP) is 5.19. The number of nitro benzene ring substituents is 2. The summed E-state index contributed by atoms with van der Waals surface area (Å²) in [5.74, 6) is 0.658. The van der Waals surface area contributed by atoms with Crippen LogP contribution in [0.5, 0.6) is 5.75 Å². The van der Waals surface area contributed by atoms with Crippen LogP contribution in [-0.4, -0.2) is 22.6 Å². The lowest BCUT2D eigenvalue weighted by atomic mass is 9.76. The van der Waals surface area contributed by atoms with Crippen LogP contribution in [0.4, 0.5) is 17.1 Å². The molecule has 0 saturated carbocycles. The number of hydrogen-bond donors (Lipinski definition) is 0. The zero-order valence-electron chi connectivity index (χ0n) is 17.2. The largest absolute Gasteiger partial charge is 0.463 e. The molecule has 0 amide bonds. The van der Waals surface area contributed by atoms with Crippen LogP contribution in [0.3, 0.4) is 0 Å². The summed E-state index contributed by atoms with van der Waals surface area (Å²) in [6.45, 7) is 4.03. The number of nitrogens with zero attached hydrogens (tertiary/aromatic N) is 3. The Balaban J connectivity index is 1.64. The standard InChI is InChI=1S/C23H19N3O5/c1-22(2)19-13-16(26(29)30)6-8-20(19)24(3)23(22)11-10-18-17-7-5-15(25(27)28)12-14(17)4-9-21(18)31-23/h4-13H,1-3H3. The zero-order chi connectivity index (χ0) is 22.1. The van der Waals surface area contributed by atoms with Gasteiger partial charge in [0.25, 0.3) is 11.4 Å². The van der Waals surface area contributed by atoms with Crippen molar-refractivity contribution in [2.24, 2.45) is 0 Å². The number of ether oxygens (including phenoxy) is 1. The fraction of sp³-hybridized carbons (Fsp3) is 0.217. The molecular formula is C23H19N3O5. The molecule has 1 unspecified atom stereocenters. The molecule has 8 heteroatoms. The van der Waals surface area contributed by atoms with Gasteiger partial charge >= 0.3 is 0 Å². The molecule has 1 spiro atoms. The van der Waals surface area contributed by atoms with Gasteiger partial charge in [0.1, 0.15) is 5.75 Å². The SMILES string of the molecule is CN1c2ccc([N+](=O)[O-])cc2C(C)(C)C12C=Cc1c(ccc3cc([N+](=O)[O-])ccc13)O2. The molecule has 0 N–H and O–H groups in total. The Bertz CT molecular complexity index is 1330. The first-order valence-electron chi connectivity index (χ1n) is 9.78. The number of non-ortho nitro benzene ring substituents is 2. The molecule has 3 aromatic rings. The van der Waals surface area contributed by atoms with E-state index in [1.165, 1.54) is 12.1 Å². The van der Waals surface area contributed by atoms with Gasteiger partial charge in [-0.2, -0.15) is 0 Å². The third-order valence-electron chi connectivity index (χ3n) is 6.58. The molecule has 8 nitrogen and oxygen atoms in total. The lowest BCUT2D eigenvalue weighted by Crippen LogP contribution is -2.58. The van der Waals surface area contributed by atoms with E-state index in [2.05, 4.69) is 0 Å². The van der Waals surface area contributed by atoms with Crippen LogP contribution in [-0.2, 0) is 5.41 Å². The molecule has 0 aliphatic carbocycles. The molecule has 0 radical (unpaired) electrons. The Kier molecular flexibility index (Phi) is 3.71. The Morgan fingerprint density at radius 1 is 0.935 bits per heavy atom. The molecule has 2 aliphatic heterocycles. The van der Waals surface area contributed by atoms with Crippen LogP contribution in [0.15, 0.2) is 54.6 Å². The maximum atomic E-state index is 11.3. The van der Waals surface area contributed by atoms with E-state index in [1.54, 1.807) is 24.3 Å². The zero-order valence-corrected chi connectivity index (χ0v) is 17.2. The molecule has 5 rings (SSSR count). The number of fused-ring (bicyclic) bond motifs is 4. The van der Waals surface area contributed by atoms with E-state index in [1.807, 2.05) is 50.1 Å². The van der Waals surface area contributed by atoms with Crippen molar-refractivity contribution in [3.05, 3.63) is 86.0 Å². The summed E-state index contributed by atoms with van der Waals surface area (Å²) >= 11 is 0. The smallest absolute Gasteiger partial charge is 0.270 e. The number of anilines is 1. The van der Waals surface area contributed by atoms with Crippen molar-refractivity contribution in [1.29, 1.82) is 0 Å². The van der Waals surface area contributed by atoms with Gasteiger partial charge in [-0.15, -0.1) is 0 Å². The van der Waals surface area contributed by atoms with Gasteiger partial charge in [-0.25, -0.2) is 0 Å². The van der Waals surface area contributed by atoms with Crippen molar-refractivity contribution < 1.29 is 14.6 Å². The first-order chi connectivity index (χ1) is 14.7. The van der Waals surface area contributed by atoms with Crippen molar-refractivity contribution in [1.82, 2.24) is 0 Å². The monoisotopic (exact) mass is 417 g/mol. The molecule has 2 heterocycles. The summed E-state index contributed by atoms with van der Waals surface area (Å²) < 4.78 is 6.61. The van der Waals surface area contributed by atoms with Crippen LogP contribution < -0.4 is 9.64 Å². The lowest BCUT2D eigenvalue weighted by Gasteiger charge is -2.45. The van der Waals surface area contributed by atoms with Crippen molar-refractivity contribution in [3.8, 4) is 5.75 Å². The van der Waals surface area contributed by atoms with Crippen molar-refractivity contribution in [2.45, 2.75) is 25.0 Å². The summed E-state index contributed by atoms with van der Waals surface area (Å²) in [5.41, 5.74) is 1.20. The predicted molar refractivity (Wildman–Crippen MR) is 118 cm³/mol. The minimum atomic E-state index is -0.869. The second kappa shape index (κ2) is 6.04. The molecule has 0 bridgehead atoms. The van der Waals surface area contributed by atoms with Gasteiger partial charge < -0.3 is 9.64 Å². The molecule has 156 valence electrons. The summed E-state index contributed by atoms with van der Waals surface area (Å²) in [7, 11) is 1.92. The second-order valence-corrected chi connectivity index (χ2v) is 8.41. The minimum absolute atomic E-state index is 0.0401. The molecule has 2 aliphatic rings. The average Bonchev–Trinajstić information content (AvgIpc) is 2.91. The van der Waals surface area contributed by atoms with Gasteiger partial charge in [0.15, 0.2) is 0 Å². The molecule has 0 fully saturated rings. The highest BCUT2D eigenvalue weighted by Crippen LogP contribution is 2.55. The van der Waals surface area contributed by atoms with Gasteiger partial charge in [0.05, 0.1) is 15.3 Å². The highest BCUT2D eigenvalue weighted by molar-refractivity contribution is 5.95. The average molecular weight is 417 g/mol. The summed E-state index contributed by atoms with van der Waals surface area (Å²) in [4.78, 5) is 23.6. The molecule has 0 saturated heterocycles. The van der Waals surface area contributed by atoms with Crippen molar-refractivity contribution >= 4 is 33.9 Å². The van der Waals surface area contributed by atoms with Gasteiger partial charge in [-0.05, 0) is 60.5 Å². The maximum absolute atomic E-state index is 11.3. The number of likely N-dealkylation sites (N-methyl/N-ethyl adjacent to an activating group) is 1. The Morgan fingerprint density at radius 3 is 2.32 bits per heavy atom. The maximum Gasteiger partial charge on any atom is 0.270 e. The van der Waals surface area contributed by atoms with E-state index in [4.69, 9.17) is 4.74 Å². The first-order valence-corrected chi connectivity index (χ1v) is 9.78. The fourth-order valence-electron chi connectivity index (χ4n) is 4.83. The van der Waals surface area contributed by atoms with Crippen LogP contribution in [0.25, 0.3) is 16.8 Å². The third-order valence-corrected chi connectivity index (χ3v) is 6.58. The highest BCUT2D eigenvalue weighted by atomic mass is 16.6. The fourth-order valence-corrected chi connectivity index (χ4v) is 4.83. The first kappa shape index (κ1) is 19.0. The number of hydrogen-bond acceptors (Lipinski definition) is 6. The summed E-state index contributed by atoms with van der Waals surface area (Å²) in [5, 5.41) is 24.0. The van der Waals surface area contributed by atoms with Gasteiger partial charge in [0.2, 0.25) is 5.72 Å². The van der Waals surface area contributed by atoms with E-state index in [0.717, 1.165) is 27.6 Å². The third kappa shape index (κ3) is 2.41. The minimum Gasteiger partial charge on any atom is -0.463 e. The summed E-state index contributed by atoms with van der Waals surface area (Å²) in [6, 6.07) is 13.3. The normalized spacial score (nSPS) is 20.4. The quantitative estimate of drug-likeness (QED) is 0.420. The number of benzene rings is 3. The molecule has 31 heavy (non-hydrogen) atoms. The van der Waals surface area contributed by atoms with Crippen LogP contribution in [0.1, 0.15) is 25.0 Å². The van der Waals surface area contributed by atoms with E-state index < -0.39 is 16.1 Å². The van der Waals surface area contributed by atoms with Crippen LogP contribution >= 0.6 is 0 Å². The molecule has 1 atom stereocenters. The van der Waals surface area contributed by atoms with Gasteiger partial charge in [-0.1, -0.05) is 6.07 Å². The summed E-state index contributed by atoms with van der Waals surface area (Å²) in [6.07, 6.45) is 3.95. The van der Waals surface area contributed by atoms with Crippen LogP contribution in [0.2, 0.25) is 0 Å².